The molecule has 0 radical (unpaired) electrons. The molecule has 0 saturated heterocycles. The molecule has 54 valence electrons. The Morgan fingerprint density at radius 1 is 1.11 bits per heavy atom. The average Bonchev–Trinajstić information content (AvgIpc) is 1.25. The fraction of sp³-hybridized carbons (Fsp3) is 0.833. The van der Waals surface area contributed by atoms with Gasteiger partial charge >= 0.3 is 0 Å². The molecule has 2 nitrogen and oxygen atoms in total. The monoisotopic (exact) mass is 165 g/mol. The van der Waals surface area contributed by atoms with Crippen molar-refractivity contribution in [3.8, 4) is 0 Å². The summed E-state index contributed by atoms with van der Waals surface area (Å²) in [5.74, 6) is 0. The summed E-state index contributed by atoms with van der Waals surface area (Å²) in [4.78, 5) is 0. The Hall–Kier alpha value is 0.634. The van der Waals surface area contributed by atoms with Crippen molar-refractivity contribution in [2.75, 3.05) is 0 Å². The van der Waals surface area contributed by atoms with Crippen LogP contribution in [0.25, 0.3) is 0 Å². The third-order valence-electron chi connectivity index (χ3n) is 1.32. The minimum Gasteiger partial charge on any atom is -0.419 e. The molecule has 0 aromatic rings. The van der Waals surface area contributed by atoms with Crippen molar-refractivity contribution in [1.29, 1.82) is 0 Å². The summed E-state index contributed by atoms with van der Waals surface area (Å²) in [5, 5.41) is 18.0. The molecule has 0 amide bonds. The smallest absolute Gasteiger partial charge is 0.0594 e. The van der Waals surface area contributed by atoms with Crippen molar-refractivity contribution in [2.24, 2.45) is 0 Å². The Morgan fingerprint density at radius 2 is 1.22 bits per heavy atom. The van der Waals surface area contributed by atoms with Crippen molar-refractivity contribution in [3.05, 3.63) is 6.92 Å². The van der Waals surface area contributed by atoms with Crippen molar-refractivity contribution >= 4 is 0 Å². The Morgan fingerprint density at radius 3 is 1.22 bits per heavy atom. The Bertz CT molecular complexity index is 66.0. The molecule has 0 rings (SSSR count). The number of hydrogen-bond acceptors (Lipinski definition) is 2. The van der Waals surface area contributed by atoms with E-state index in [1.165, 1.54) is 20.8 Å². The molecule has 3 heteroatoms. The van der Waals surface area contributed by atoms with Gasteiger partial charge in [-0.25, -0.2) is 0 Å². The molecule has 0 aromatic heterocycles. The van der Waals surface area contributed by atoms with Gasteiger partial charge in [0.05, 0.1) is 5.60 Å². The molecular formula is C6H13O2Ti-. The molecule has 1 atom stereocenters. The predicted molar refractivity (Wildman–Crippen MR) is 32.3 cm³/mol. The van der Waals surface area contributed by atoms with Crippen LogP contribution in [0.1, 0.15) is 20.8 Å². The first-order valence-corrected chi connectivity index (χ1v) is 2.55. The zero-order chi connectivity index (χ0) is 7.00. The molecule has 0 aliphatic carbocycles. The second kappa shape index (κ2) is 3.15. The topological polar surface area (TPSA) is 40.5 Å². The van der Waals surface area contributed by atoms with E-state index in [0.717, 1.165) is 0 Å². The molecule has 9 heavy (non-hydrogen) atoms. The summed E-state index contributed by atoms with van der Waals surface area (Å²) in [6, 6.07) is 0. The van der Waals surface area contributed by atoms with Gasteiger partial charge in [-0.05, 0) is 19.4 Å². The molecule has 0 aliphatic rings. The van der Waals surface area contributed by atoms with Crippen molar-refractivity contribution in [3.63, 3.8) is 0 Å². The van der Waals surface area contributed by atoms with Gasteiger partial charge in [0.1, 0.15) is 0 Å². The number of hydrogen-bond donors (Lipinski definition) is 2. The molecule has 0 fully saturated rings. The van der Waals surface area contributed by atoms with Crippen LogP contribution in [0.2, 0.25) is 0 Å². The van der Waals surface area contributed by atoms with E-state index in [0.29, 0.717) is 0 Å². The molecule has 0 heterocycles. The van der Waals surface area contributed by atoms with Gasteiger partial charge in [-0.3, -0.25) is 0 Å². The molecule has 0 saturated carbocycles. The van der Waals surface area contributed by atoms with Crippen LogP contribution in [0.3, 0.4) is 0 Å². The fourth-order valence-corrected chi connectivity index (χ4v) is 0. The van der Waals surface area contributed by atoms with E-state index in [9.17, 15) is 0 Å². The minimum absolute atomic E-state index is 0. The van der Waals surface area contributed by atoms with Crippen LogP contribution in [0.5, 0.6) is 0 Å². The Labute approximate surface area is 71.2 Å². The van der Waals surface area contributed by atoms with Gasteiger partial charge in [0.2, 0.25) is 0 Å². The average molecular weight is 165 g/mol. The van der Waals surface area contributed by atoms with Gasteiger partial charge in [0.15, 0.2) is 0 Å². The summed E-state index contributed by atoms with van der Waals surface area (Å²) in [6.45, 7) is 7.84. The summed E-state index contributed by atoms with van der Waals surface area (Å²) < 4.78 is 0. The molecule has 2 N–H and O–H groups in total. The minimum atomic E-state index is -1.26. The zero-order valence-electron chi connectivity index (χ0n) is 6.10. The van der Waals surface area contributed by atoms with Crippen LogP contribution in [-0.2, 0) is 21.7 Å². The first kappa shape index (κ1) is 12.3. The van der Waals surface area contributed by atoms with Crippen LogP contribution < -0.4 is 0 Å². The van der Waals surface area contributed by atoms with Crippen LogP contribution in [-0.4, -0.2) is 21.4 Å². The first-order chi connectivity index (χ1) is 3.25. The first-order valence-electron chi connectivity index (χ1n) is 2.55. The molecule has 0 spiro atoms. The molecule has 0 bridgehead atoms. The third-order valence-corrected chi connectivity index (χ3v) is 1.32. The normalized spacial score (nSPS) is 18.0. The maximum absolute atomic E-state index is 9.04. The van der Waals surface area contributed by atoms with Crippen LogP contribution in [0, 0.1) is 6.92 Å². The maximum atomic E-state index is 9.04. The van der Waals surface area contributed by atoms with E-state index in [1.807, 2.05) is 0 Å². The Balaban J connectivity index is 0. The number of rotatable bonds is 1. The van der Waals surface area contributed by atoms with Gasteiger partial charge in [-0.2, -0.15) is 0 Å². The molecule has 1 unspecified atom stereocenters. The van der Waals surface area contributed by atoms with Crippen molar-refractivity contribution in [2.45, 2.75) is 32.0 Å². The molecular weight excluding hydrogens is 152 g/mol. The van der Waals surface area contributed by atoms with Gasteiger partial charge in [-0.15, -0.1) is 0 Å². The van der Waals surface area contributed by atoms with E-state index in [4.69, 9.17) is 10.2 Å². The van der Waals surface area contributed by atoms with E-state index < -0.39 is 11.2 Å². The summed E-state index contributed by atoms with van der Waals surface area (Å²) >= 11 is 0. The molecule has 0 aliphatic heterocycles. The second-order valence-electron chi connectivity index (χ2n) is 2.83. The van der Waals surface area contributed by atoms with Crippen molar-refractivity contribution < 1.29 is 31.9 Å². The Kier molecular flexibility index (Phi) is 4.32. The van der Waals surface area contributed by atoms with Crippen LogP contribution in [0.15, 0.2) is 0 Å². The SMILES string of the molecule is [CH2-]C(C)(O)C(C)(C)O.[Ti]. The van der Waals surface area contributed by atoms with E-state index in [2.05, 4.69) is 6.92 Å². The van der Waals surface area contributed by atoms with Gasteiger partial charge in [-0.1, -0.05) is 6.92 Å². The van der Waals surface area contributed by atoms with Crippen LogP contribution >= 0.6 is 0 Å². The van der Waals surface area contributed by atoms with E-state index in [1.54, 1.807) is 0 Å². The quantitative estimate of drug-likeness (QED) is 0.434. The van der Waals surface area contributed by atoms with E-state index in [-0.39, 0.29) is 21.7 Å². The van der Waals surface area contributed by atoms with Gasteiger partial charge in [0, 0.05) is 21.7 Å². The number of aliphatic hydroxyl groups is 2. The standard InChI is InChI=1S/C6H13O2.Ti/c1-5(2,7)6(3,4)8;/h7-8H,1H2,2-4H3;/q-1;. The van der Waals surface area contributed by atoms with Gasteiger partial charge < -0.3 is 17.1 Å². The summed E-state index contributed by atoms with van der Waals surface area (Å²) in [6.07, 6.45) is 0. The molecule has 0 aromatic carbocycles. The maximum Gasteiger partial charge on any atom is 0.0594 e. The summed E-state index contributed by atoms with van der Waals surface area (Å²) in [7, 11) is 0. The second-order valence-corrected chi connectivity index (χ2v) is 2.83. The van der Waals surface area contributed by atoms with E-state index >= 15 is 0 Å². The van der Waals surface area contributed by atoms with Crippen molar-refractivity contribution in [1.82, 2.24) is 0 Å². The van der Waals surface area contributed by atoms with Crippen LogP contribution in [0.4, 0.5) is 0 Å². The third kappa shape index (κ3) is 4.09. The largest absolute Gasteiger partial charge is 0.419 e. The summed E-state index contributed by atoms with van der Waals surface area (Å²) in [5.41, 5.74) is -2.37. The van der Waals surface area contributed by atoms with Gasteiger partial charge in [0.25, 0.3) is 0 Å². The predicted octanol–water partition coefficient (Wildman–Crippen LogP) is 0.340. The zero-order valence-corrected chi connectivity index (χ0v) is 7.66. The fourth-order valence-electron chi connectivity index (χ4n) is 0.